The smallest absolute Gasteiger partial charge is 0.416 e. The van der Waals surface area contributed by atoms with Gasteiger partial charge in [-0.3, -0.25) is 4.98 Å². The first-order chi connectivity index (χ1) is 25.4. The third kappa shape index (κ3) is 8.35. The number of hydrogen-bond donors (Lipinski definition) is 1. The second-order valence-corrected chi connectivity index (χ2v) is 16.6. The fraction of sp³-hybridized carbons (Fsp3) is 0.625. The van der Waals surface area contributed by atoms with Crippen molar-refractivity contribution in [3.8, 4) is 5.75 Å². The molecular formula is C40H48F6N4O4. The van der Waals surface area contributed by atoms with Gasteiger partial charge in [-0.2, -0.15) is 13.2 Å². The van der Waals surface area contributed by atoms with Crippen molar-refractivity contribution in [2.75, 3.05) is 31.2 Å². The average molecular weight is 763 g/mol. The Kier molecular flexibility index (Phi) is 10.4. The second kappa shape index (κ2) is 14.5. The summed E-state index contributed by atoms with van der Waals surface area (Å²) in [7, 11) is 0. The molecule has 4 heterocycles. The number of nitrogens with zero attached hydrogens (tertiary/aromatic N) is 4. The molecule has 2 saturated heterocycles. The number of halogens is 6. The summed E-state index contributed by atoms with van der Waals surface area (Å²) in [6.07, 6.45) is -3.04. The summed E-state index contributed by atoms with van der Waals surface area (Å²) in [5, 5.41) is 11.6. The predicted molar refractivity (Wildman–Crippen MR) is 188 cm³/mol. The van der Waals surface area contributed by atoms with Crippen LogP contribution in [0.2, 0.25) is 0 Å². The van der Waals surface area contributed by atoms with Crippen molar-refractivity contribution in [2.24, 2.45) is 5.41 Å². The van der Waals surface area contributed by atoms with E-state index in [0.29, 0.717) is 79.6 Å². The Morgan fingerprint density at radius 2 is 1.59 bits per heavy atom. The van der Waals surface area contributed by atoms with Gasteiger partial charge in [-0.15, -0.1) is 0 Å². The molecule has 2 aliphatic carbocycles. The minimum atomic E-state index is -4.60. The van der Waals surface area contributed by atoms with Crippen molar-refractivity contribution in [1.29, 1.82) is 0 Å². The summed E-state index contributed by atoms with van der Waals surface area (Å²) in [4.78, 5) is 16.2. The fourth-order valence-corrected chi connectivity index (χ4v) is 8.65. The molecular weight excluding hydrogens is 714 g/mol. The van der Waals surface area contributed by atoms with Crippen LogP contribution in [0, 0.1) is 5.41 Å². The first-order valence-corrected chi connectivity index (χ1v) is 18.8. The van der Waals surface area contributed by atoms with Crippen molar-refractivity contribution in [2.45, 2.75) is 127 Å². The van der Waals surface area contributed by atoms with Gasteiger partial charge in [0, 0.05) is 48.7 Å². The molecule has 0 amide bonds. The number of alkyl halides is 6. The molecule has 3 aromatic rings. The van der Waals surface area contributed by atoms with Gasteiger partial charge >= 0.3 is 6.18 Å². The molecule has 294 valence electrons. The highest BCUT2D eigenvalue weighted by molar-refractivity contribution is 5.51. The van der Waals surface area contributed by atoms with E-state index in [1.807, 2.05) is 32.6 Å². The van der Waals surface area contributed by atoms with Crippen LogP contribution in [0.1, 0.15) is 136 Å². The average Bonchev–Trinajstić information content (AvgIpc) is 3.47. The Labute approximate surface area is 311 Å². The van der Waals surface area contributed by atoms with Gasteiger partial charge in [0.1, 0.15) is 12.7 Å². The largest absolute Gasteiger partial charge is 0.488 e. The molecule has 0 spiro atoms. The predicted octanol–water partition coefficient (Wildman–Crippen LogP) is 9.16. The van der Waals surface area contributed by atoms with E-state index >= 15 is 4.39 Å². The van der Waals surface area contributed by atoms with E-state index in [-0.39, 0.29) is 60.9 Å². The highest BCUT2D eigenvalue weighted by atomic mass is 19.4. The standard InChI is InChI=1S/C40H48F6N4O4/c1-37(2)17-29-32(30(51)18-37)31(23-9-13-39(42,43)14-10-23)33(34(41)24-5-7-26(8-6-24)40(44,45)46)35(49-29)25-11-15-50(16-12-25)36-47-19-27(20-48-36)52-21-28-22-53-38(3,4)54-28/h5-8,19-20,23,25,28,30,34,51H,9-18,21-22H2,1-4H3/t28-,30?,34?/m1/s1. The highest BCUT2D eigenvalue weighted by Crippen LogP contribution is 2.52. The Balaban J connectivity index is 1.20. The summed E-state index contributed by atoms with van der Waals surface area (Å²) in [5.74, 6) is -3.22. The Hall–Kier alpha value is -3.49. The van der Waals surface area contributed by atoms with Crippen LogP contribution in [-0.4, -0.2) is 64.2 Å². The molecule has 0 radical (unpaired) electrons. The quantitative estimate of drug-likeness (QED) is 0.228. The number of aromatic nitrogens is 3. The zero-order valence-corrected chi connectivity index (χ0v) is 31.1. The van der Waals surface area contributed by atoms with E-state index < -0.39 is 41.6 Å². The molecule has 8 nitrogen and oxygen atoms in total. The molecule has 3 atom stereocenters. The van der Waals surface area contributed by atoms with E-state index in [0.717, 1.165) is 24.3 Å². The maximum absolute atomic E-state index is 17.3. The van der Waals surface area contributed by atoms with Crippen LogP contribution in [0.15, 0.2) is 36.7 Å². The van der Waals surface area contributed by atoms with Gasteiger partial charge in [0.2, 0.25) is 11.9 Å². The molecule has 3 fully saturated rings. The summed E-state index contributed by atoms with van der Waals surface area (Å²) >= 11 is 0. The van der Waals surface area contributed by atoms with E-state index in [1.165, 1.54) is 0 Å². The molecule has 1 aromatic carbocycles. The third-order valence-electron chi connectivity index (χ3n) is 11.3. The summed E-state index contributed by atoms with van der Waals surface area (Å²) in [5.41, 5.74) is 1.16. The molecule has 4 aliphatic rings. The Bertz CT molecular complexity index is 1790. The van der Waals surface area contributed by atoms with E-state index in [9.17, 15) is 27.1 Å². The topological polar surface area (TPSA) is 89.8 Å². The Morgan fingerprint density at radius 1 is 0.944 bits per heavy atom. The minimum Gasteiger partial charge on any atom is -0.488 e. The van der Waals surface area contributed by atoms with E-state index in [2.05, 4.69) is 9.97 Å². The number of piperidine rings is 1. The molecule has 14 heteroatoms. The van der Waals surface area contributed by atoms with Gasteiger partial charge in [0.15, 0.2) is 17.7 Å². The van der Waals surface area contributed by atoms with Gasteiger partial charge in [-0.05, 0) is 87.0 Å². The fourth-order valence-electron chi connectivity index (χ4n) is 8.65. The first kappa shape index (κ1) is 38.8. The number of ether oxygens (including phenoxy) is 3. The van der Waals surface area contributed by atoms with Crippen molar-refractivity contribution < 1.29 is 45.7 Å². The van der Waals surface area contributed by atoms with Crippen LogP contribution in [0.4, 0.5) is 32.3 Å². The van der Waals surface area contributed by atoms with Crippen LogP contribution in [0.3, 0.4) is 0 Å². The normalized spacial score (nSPS) is 25.0. The summed E-state index contributed by atoms with van der Waals surface area (Å²) in [6.45, 7) is 9.49. The summed E-state index contributed by atoms with van der Waals surface area (Å²) < 4.78 is 104. The van der Waals surface area contributed by atoms with Crippen LogP contribution < -0.4 is 9.64 Å². The molecule has 0 bridgehead atoms. The zero-order valence-electron chi connectivity index (χ0n) is 31.1. The lowest BCUT2D eigenvalue weighted by Gasteiger charge is -2.41. The van der Waals surface area contributed by atoms with Crippen molar-refractivity contribution in [3.05, 3.63) is 75.9 Å². The van der Waals surface area contributed by atoms with Crippen molar-refractivity contribution in [1.82, 2.24) is 15.0 Å². The molecule has 2 unspecified atom stereocenters. The lowest BCUT2D eigenvalue weighted by molar-refractivity contribution is -0.141. The summed E-state index contributed by atoms with van der Waals surface area (Å²) in [6, 6.07) is 3.99. The van der Waals surface area contributed by atoms with Crippen LogP contribution in [-0.2, 0) is 22.1 Å². The van der Waals surface area contributed by atoms with Gasteiger partial charge < -0.3 is 24.2 Å². The highest BCUT2D eigenvalue weighted by Gasteiger charge is 2.44. The number of rotatable bonds is 8. The van der Waals surface area contributed by atoms with E-state index in [4.69, 9.17) is 19.2 Å². The van der Waals surface area contributed by atoms with Crippen molar-refractivity contribution in [3.63, 3.8) is 0 Å². The molecule has 2 aliphatic heterocycles. The van der Waals surface area contributed by atoms with Crippen LogP contribution >= 0.6 is 0 Å². The van der Waals surface area contributed by atoms with Crippen molar-refractivity contribution >= 4 is 5.95 Å². The number of aliphatic hydroxyl groups is 1. The van der Waals surface area contributed by atoms with E-state index in [1.54, 1.807) is 12.4 Å². The van der Waals surface area contributed by atoms with Crippen LogP contribution in [0.25, 0.3) is 0 Å². The molecule has 54 heavy (non-hydrogen) atoms. The number of aliphatic hydroxyl groups excluding tert-OH is 1. The van der Waals surface area contributed by atoms with Gasteiger partial charge in [-0.1, -0.05) is 26.0 Å². The number of benzene rings is 1. The lowest BCUT2D eigenvalue weighted by Crippen LogP contribution is -2.36. The SMILES string of the molecule is CC1(C)Cc2nc(C3CCN(c4ncc(OC[C@@H]5COC(C)(C)O5)cn4)CC3)c(C(F)c3ccc(C(F)(F)F)cc3)c(C3CCC(F)(F)CC3)c2C(O)C1. The number of fused-ring (bicyclic) bond motifs is 1. The first-order valence-electron chi connectivity index (χ1n) is 18.8. The van der Waals surface area contributed by atoms with Gasteiger partial charge in [0.25, 0.3) is 0 Å². The molecule has 1 N–H and O–H groups in total. The number of hydrogen-bond acceptors (Lipinski definition) is 8. The number of anilines is 1. The molecule has 2 aromatic heterocycles. The lowest BCUT2D eigenvalue weighted by atomic mass is 9.68. The molecule has 1 saturated carbocycles. The monoisotopic (exact) mass is 762 g/mol. The third-order valence-corrected chi connectivity index (χ3v) is 11.3. The van der Waals surface area contributed by atoms with Gasteiger partial charge in [-0.25, -0.2) is 23.1 Å². The minimum absolute atomic E-state index is 0.0166. The Morgan fingerprint density at radius 3 is 2.19 bits per heavy atom. The maximum atomic E-state index is 17.3. The zero-order chi connectivity index (χ0) is 38.6. The molecule has 7 rings (SSSR count). The van der Waals surface area contributed by atoms with Crippen LogP contribution in [0.5, 0.6) is 5.75 Å². The second-order valence-electron chi connectivity index (χ2n) is 16.6. The maximum Gasteiger partial charge on any atom is 0.416 e. The van der Waals surface area contributed by atoms with Gasteiger partial charge in [0.05, 0.1) is 36.4 Å². The number of pyridine rings is 1.